The number of aryl methyl sites for hydroxylation is 3. The van der Waals surface area contributed by atoms with Crippen molar-refractivity contribution in [2.45, 2.75) is 20.8 Å². The van der Waals surface area contributed by atoms with Gasteiger partial charge in [-0.1, -0.05) is 12.1 Å². The number of rotatable bonds is 1. The Balaban J connectivity index is 2.08. The molecule has 4 rings (SSSR count). The lowest BCUT2D eigenvalue weighted by atomic mass is 9.99. The van der Waals surface area contributed by atoms with Crippen LogP contribution in [0.5, 0.6) is 0 Å². The molecule has 0 spiro atoms. The monoisotopic (exact) mass is 300 g/mol. The number of benzene rings is 1. The third-order valence-electron chi connectivity index (χ3n) is 4.13. The number of hydrogen-bond acceptors (Lipinski definition) is 4. The second-order valence-electron chi connectivity index (χ2n) is 5.78. The van der Waals surface area contributed by atoms with E-state index in [4.69, 9.17) is 0 Å². The van der Waals surface area contributed by atoms with Crippen molar-refractivity contribution in [2.24, 2.45) is 0 Å². The van der Waals surface area contributed by atoms with E-state index in [1.165, 1.54) is 16.2 Å². The predicted octanol–water partition coefficient (Wildman–Crippen LogP) is 4.17. The molecular formula is C19H16N4. The van der Waals surface area contributed by atoms with Crippen LogP contribution >= 0.6 is 0 Å². The summed E-state index contributed by atoms with van der Waals surface area (Å²) in [6, 6.07) is 8.44. The summed E-state index contributed by atoms with van der Waals surface area (Å²) in [4.78, 5) is 17.7. The molecule has 3 aromatic heterocycles. The molecule has 0 N–H and O–H groups in total. The van der Waals surface area contributed by atoms with Crippen molar-refractivity contribution >= 4 is 21.5 Å². The van der Waals surface area contributed by atoms with E-state index in [0.717, 1.165) is 33.9 Å². The first-order chi connectivity index (χ1) is 11.1. The number of pyridine rings is 2. The molecule has 112 valence electrons. The van der Waals surface area contributed by atoms with Gasteiger partial charge in [-0.15, -0.1) is 0 Å². The van der Waals surface area contributed by atoms with Crippen LogP contribution in [0.1, 0.15) is 17.2 Å². The average molecular weight is 300 g/mol. The predicted molar refractivity (Wildman–Crippen MR) is 92.3 cm³/mol. The summed E-state index contributed by atoms with van der Waals surface area (Å²) >= 11 is 0. The van der Waals surface area contributed by atoms with Gasteiger partial charge in [0.2, 0.25) is 0 Å². The van der Waals surface area contributed by atoms with Crippen molar-refractivity contribution in [1.82, 2.24) is 19.9 Å². The first kappa shape index (κ1) is 13.8. The highest BCUT2D eigenvalue weighted by Gasteiger charge is 2.10. The largest absolute Gasteiger partial charge is 0.258 e. The van der Waals surface area contributed by atoms with Crippen molar-refractivity contribution in [3.05, 3.63) is 60.1 Å². The van der Waals surface area contributed by atoms with Crippen LogP contribution < -0.4 is 0 Å². The number of nitrogens with zero attached hydrogens (tertiary/aromatic N) is 4. The van der Waals surface area contributed by atoms with E-state index in [1.54, 1.807) is 0 Å². The quantitative estimate of drug-likeness (QED) is 0.495. The lowest BCUT2D eigenvalue weighted by molar-refractivity contribution is 1.05. The van der Waals surface area contributed by atoms with E-state index in [1.807, 2.05) is 32.4 Å². The summed E-state index contributed by atoms with van der Waals surface area (Å²) in [7, 11) is 0. The molecule has 1 aromatic carbocycles. The van der Waals surface area contributed by atoms with Crippen molar-refractivity contribution in [3.8, 4) is 11.3 Å². The molecule has 4 nitrogen and oxygen atoms in total. The minimum absolute atomic E-state index is 0.761. The van der Waals surface area contributed by atoms with Gasteiger partial charge >= 0.3 is 0 Å². The van der Waals surface area contributed by atoms with Crippen molar-refractivity contribution in [1.29, 1.82) is 0 Å². The molecular weight excluding hydrogens is 284 g/mol. The zero-order chi connectivity index (χ0) is 16.0. The molecule has 0 aliphatic heterocycles. The van der Waals surface area contributed by atoms with Crippen LogP contribution in [-0.4, -0.2) is 19.9 Å². The molecule has 0 saturated carbocycles. The van der Waals surface area contributed by atoms with E-state index >= 15 is 0 Å². The Labute approximate surface area is 134 Å². The zero-order valence-electron chi connectivity index (χ0n) is 13.3. The third kappa shape index (κ3) is 2.23. The standard InChI is InChI=1S/C19H16N4/c1-11-8-18-15(12(2)23-11)4-5-17-16(18)6-7-20-19(17)14-9-21-13(3)22-10-14/h4-10H,1-3H3. The molecule has 0 fully saturated rings. The van der Waals surface area contributed by atoms with Gasteiger partial charge in [0.05, 0.1) is 5.69 Å². The summed E-state index contributed by atoms with van der Waals surface area (Å²) < 4.78 is 0. The van der Waals surface area contributed by atoms with Gasteiger partial charge in [0.15, 0.2) is 0 Å². The van der Waals surface area contributed by atoms with Crippen LogP contribution in [0.4, 0.5) is 0 Å². The molecule has 0 aliphatic carbocycles. The topological polar surface area (TPSA) is 51.6 Å². The maximum absolute atomic E-state index is 4.56. The fourth-order valence-corrected chi connectivity index (χ4v) is 3.06. The number of fused-ring (bicyclic) bond motifs is 3. The maximum Gasteiger partial charge on any atom is 0.125 e. The Morgan fingerprint density at radius 2 is 1.48 bits per heavy atom. The second kappa shape index (κ2) is 5.09. The fraction of sp³-hybridized carbons (Fsp3) is 0.158. The van der Waals surface area contributed by atoms with E-state index in [9.17, 15) is 0 Å². The summed E-state index contributed by atoms with van der Waals surface area (Å²) in [5, 5.41) is 4.68. The normalized spacial score (nSPS) is 11.3. The van der Waals surface area contributed by atoms with Gasteiger partial charge in [-0.3, -0.25) is 9.97 Å². The van der Waals surface area contributed by atoms with Gasteiger partial charge in [0.1, 0.15) is 5.82 Å². The Hall–Kier alpha value is -2.88. The lowest BCUT2D eigenvalue weighted by Crippen LogP contribution is -1.93. The SMILES string of the molecule is Cc1cc2c(ccc3c(-c4cnc(C)nc4)nccc32)c(C)n1. The molecule has 0 atom stereocenters. The lowest BCUT2D eigenvalue weighted by Gasteiger charge is -2.10. The molecule has 4 heteroatoms. The summed E-state index contributed by atoms with van der Waals surface area (Å²) in [5.41, 5.74) is 3.93. The summed E-state index contributed by atoms with van der Waals surface area (Å²) in [6.45, 7) is 5.96. The zero-order valence-corrected chi connectivity index (χ0v) is 13.3. The van der Waals surface area contributed by atoms with Crippen LogP contribution in [0.25, 0.3) is 32.8 Å². The first-order valence-corrected chi connectivity index (χ1v) is 7.58. The first-order valence-electron chi connectivity index (χ1n) is 7.58. The molecule has 0 saturated heterocycles. The van der Waals surface area contributed by atoms with Crippen molar-refractivity contribution in [3.63, 3.8) is 0 Å². The van der Waals surface area contributed by atoms with Gasteiger partial charge in [0.25, 0.3) is 0 Å². The Kier molecular flexibility index (Phi) is 3.05. The molecule has 0 amide bonds. The van der Waals surface area contributed by atoms with E-state index in [2.05, 4.69) is 51.1 Å². The Morgan fingerprint density at radius 3 is 2.26 bits per heavy atom. The van der Waals surface area contributed by atoms with Gasteiger partial charge in [-0.25, -0.2) is 9.97 Å². The van der Waals surface area contributed by atoms with Gasteiger partial charge in [-0.2, -0.15) is 0 Å². The molecule has 0 radical (unpaired) electrons. The van der Waals surface area contributed by atoms with Crippen molar-refractivity contribution < 1.29 is 0 Å². The van der Waals surface area contributed by atoms with E-state index in [0.29, 0.717) is 0 Å². The van der Waals surface area contributed by atoms with Crippen molar-refractivity contribution in [2.75, 3.05) is 0 Å². The minimum Gasteiger partial charge on any atom is -0.258 e. The smallest absolute Gasteiger partial charge is 0.125 e. The minimum atomic E-state index is 0.761. The molecule has 23 heavy (non-hydrogen) atoms. The molecule has 3 heterocycles. The average Bonchev–Trinajstić information content (AvgIpc) is 2.55. The fourth-order valence-electron chi connectivity index (χ4n) is 3.06. The number of hydrogen-bond donors (Lipinski definition) is 0. The highest BCUT2D eigenvalue weighted by atomic mass is 14.9. The molecule has 0 unspecified atom stereocenters. The highest BCUT2D eigenvalue weighted by molar-refractivity contribution is 6.11. The van der Waals surface area contributed by atoms with Gasteiger partial charge < -0.3 is 0 Å². The molecule has 4 aromatic rings. The van der Waals surface area contributed by atoms with Crippen LogP contribution in [0.15, 0.2) is 42.9 Å². The highest BCUT2D eigenvalue weighted by Crippen LogP contribution is 2.32. The van der Waals surface area contributed by atoms with Crippen LogP contribution in [-0.2, 0) is 0 Å². The van der Waals surface area contributed by atoms with Crippen LogP contribution in [0.3, 0.4) is 0 Å². The van der Waals surface area contributed by atoms with Gasteiger partial charge in [0, 0.05) is 46.3 Å². The Morgan fingerprint density at radius 1 is 0.739 bits per heavy atom. The summed E-state index contributed by atoms with van der Waals surface area (Å²) in [6.07, 6.45) is 5.51. The maximum atomic E-state index is 4.56. The van der Waals surface area contributed by atoms with Crippen LogP contribution in [0.2, 0.25) is 0 Å². The van der Waals surface area contributed by atoms with Crippen LogP contribution in [0, 0.1) is 20.8 Å². The molecule has 0 aliphatic rings. The van der Waals surface area contributed by atoms with E-state index in [-0.39, 0.29) is 0 Å². The number of aromatic nitrogens is 4. The second-order valence-corrected chi connectivity index (χ2v) is 5.78. The Bertz CT molecular complexity index is 1040. The van der Waals surface area contributed by atoms with Gasteiger partial charge in [-0.05, 0) is 43.7 Å². The van der Waals surface area contributed by atoms with E-state index < -0.39 is 0 Å². The third-order valence-corrected chi connectivity index (χ3v) is 4.13. The summed E-state index contributed by atoms with van der Waals surface area (Å²) in [5.74, 6) is 0.761. The molecule has 0 bridgehead atoms.